The maximum Gasteiger partial charge on any atom is 0.306 e. The Kier molecular flexibility index (Phi) is 4.89. The summed E-state index contributed by atoms with van der Waals surface area (Å²) in [4.78, 5) is 10.3. The fraction of sp³-hybridized carbons (Fsp3) is 0.857. The number of carboxylic acid groups (broad SMARTS) is 1. The van der Waals surface area contributed by atoms with Gasteiger partial charge in [0.05, 0.1) is 12.6 Å². The Morgan fingerprint density at radius 1 is 1.70 bits per heavy atom. The molecule has 2 nitrogen and oxygen atoms in total. The molecule has 0 aromatic rings. The predicted octanol–water partition coefficient (Wildman–Crippen LogP) is 1.85. The smallest absolute Gasteiger partial charge is 0.306 e. The molecule has 0 saturated heterocycles. The van der Waals surface area contributed by atoms with E-state index in [1.165, 1.54) is 0 Å². The largest absolute Gasteiger partial charge is 0.481 e. The van der Waals surface area contributed by atoms with Gasteiger partial charge in [-0.25, -0.2) is 0 Å². The van der Waals surface area contributed by atoms with Crippen molar-refractivity contribution in [3.8, 4) is 0 Å². The SMILES string of the molecule is CCC(CCCF)C(=O)O. The van der Waals surface area contributed by atoms with Crippen LogP contribution in [0.2, 0.25) is 0 Å². The van der Waals surface area contributed by atoms with Gasteiger partial charge in [-0.1, -0.05) is 6.92 Å². The molecule has 0 amide bonds. The number of halogens is 1. The Morgan fingerprint density at radius 3 is 2.60 bits per heavy atom. The topological polar surface area (TPSA) is 37.3 Å². The number of hydrogen-bond acceptors (Lipinski definition) is 1. The average molecular weight is 148 g/mol. The van der Waals surface area contributed by atoms with Crippen LogP contribution in [-0.2, 0) is 4.79 Å². The molecule has 0 aliphatic carbocycles. The second-order valence-electron chi connectivity index (χ2n) is 2.27. The lowest BCUT2D eigenvalue weighted by Crippen LogP contribution is -2.12. The van der Waals surface area contributed by atoms with Gasteiger partial charge in [-0.3, -0.25) is 9.18 Å². The summed E-state index contributed by atoms with van der Waals surface area (Å²) in [6.45, 7) is 1.39. The van der Waals surface area contributed by atoms with Crippen molar-refractivity contribution in [1.82, 2.24) is 0 Å². The summed E-state index contributed by atoms with van der Waals surface area (Å²) < 4.78 is 11.6. The molecule has 0 radical (unpaired) electrons. The van der Waals surface area contributed by atoms with Crippen LogP contribution in [0.5, 0.6) is 0 Å². The molecule has 0 aliphatic rings. The first kappa shape index (κ1) is 9.40. The van der Waals surface area contributed by atoms with Gasteiger partial charge in [-0.2, -0.15) is 0 Å². The molecular weight excluding hydrogens is 135 g/mol. The molecule has 1 N–H and O–H groups in total. The van der Waals surface area contributed by atoms with Crippen LogP contribution in [0.15, 0.2) is 0 Å². The van der Waals surface area contributed by atoms with Crippen LogP contribution in [0.4, 0.5) is 4.39 Å². The van der Waals surface area contributed by atoms with E-state index in [9.17, 15) is 9.18 Å². The molecule has 0 heterocycles. The Labute approximate surface area is 60.1 Å². The number of carboxylic acids is 1. The molecule has 0 aromatic heterocycles. The third-order valence-electron chi connectivity index (χ3n) is 1.53. The molecule has 0 rings (SSSR count). The van der Waals surface area contributed by atoms with Gasteiger partial charge >= 0.3 is 5.97 Å². The van der Waals surface area contributed by atoms with Crippen molar-refractivity contribution in [3.05, 3.63) is 0 Å². The van der Waals surface area contributed by atoms with Crippen molar-refractivity contribution < 1.29 is 14.3 Å². The first-order valence-corrected chi connectivity index (χ1v) is 3.51. The summed E-state index contributed by atoms with van der Waals surface area (Å²) in [7, 11) is 0. The Hall–Kier alpha value is -0.600. The lowest BCUT2D eigenvalue weighted by atomic mass is 10.0. The molecule has 0 aliphatic heterocycles. The molecule has 0 spiro atoms. The summed E-state index contributed by atoms with van der Waals surface area (Å²) in [6, 6.07) is 0. The van der Waals surface area contributed by atoms with E-state index in [0.29, 0.717) is 19.3 Å². The zero-order chi connectivity index (χ0) is 7.98. The monoisotopic (exact) mass is 148 g/mol. The van der Waals surface area contributed by atoms with Crippen molar-refractivity contribution in [2.45, 2.75) is 26.2 Å². The second kappa shape index (κ2) is 5.21. The summed E-state index contributed by atoms with van der Waals surface area (Å²) in [5.74, 6) is -1.16. The molecule has 0 aromatic carbocycles. The highest BCUT2D eigenvalue weighted by atomic mass is 19.1. The van der Waals surface area contributed by atoms with Crippen LogP contribution in [0.25, 0.3) is 0 Å². The zero-order valence-electron chi connectivity index (χ0n) is 6.14. The average Bonchev–Trinajstić information content (AvgIpc) is 1.89. The lowest BCUT2D eigenvalue weighted by Gasteiger charge is -2.06. The third-order valence-corrected chi connectivity index (χ3v) is 1.53. The standard InChI is InChI=1S/C7H13FO2/c1-2-6(7(9)10)4-3-5-8/h6H,2-5H2,1H3,(H,9,10). The number of rotatable bonds is 5. The van der Waals surface area contributed by atoms with Crippen molar-refractivity contribution in [2.24, 2.45) is 5.92 Å². The maximum absolute atomic E-state index is 11.6. The number of alkyl halides is 1. The van der Waals surface area contributed by atoms with Gasteiger partial charge in [0.25, 0.3) is 0 Å². The molecule has 0 bridgehead atoms. The highest BCUT2D eigenvalue weighted by Gasteiger charge is 2.13. The molecule has 1 unspecified atom stereocenters. The lowest BCUT2D eigenvalue weighted by molar-refractivity contribution is -0.142. The molecule has 1 atom stereocenters. The van der Waals surface area contributed by atoms with Crippen LogP contribution in [0, 0.1) is 5.92 Å². The van der Waals surface area contributed by atoms with Gasteiger partial charge in [0.1, 0.15) is 0 Å². The highest BCUT2D eigenvalue weighted by molar-refractivity contribution is 5.69. The normalized spacial score (nSPS) is 13.0. The van der Waals surface area contributed by atoms with E-state index in [4.69, 9.17) is 5.11 Å². The van der Waals surface area contributed by atoms with Crippen molar-refractivity contribution >= 4 is 5.97 Å². The van der Waals surface area contributed by atoms with Crippen molar-refractivity contribution in [2.75, 3.05) is 6.67 Å². The van der Waals surface area contributed by atoms with Crippen molar-refractivity contribution in [3.63, 3.8) is 0 Å². The van der Waals surface area contributed by atoms with Crippen LogP contribution < -0.4 is 0 Å². The van der Waals surface area contributed by atoms with Crippen LogP contribution in [-0.4, -0.2) is 17.8 Å². The fourth-order valence-corrected chi connectivity index (χ4v) is 0.826. The van der Waals surface area contributed by atoms with E-state index in [1.54, 1.807) is 6.92 Å². The van der Waals surface area contributed by atoms with Crippen LogP contribution >= 0.6 is 0 Å². The van der Waals surface area contributed by atoms with E-state index in [2.05, 4.69) is 0 Å². The van der Waals surface area contributed by atoms with Crippen molar-refractivity contribution in [1.29, 1.82) is 0 Å². The Balaban J connectivity index is 3.50. The van der Waals surface area contributed by atoms with Gasteiger partial charge < -0.3 is 5.11 Å². The predicted molar refractivity (Wildman–Crippen MR) is 36.6 cm³/mol. The van der Waals surface area contributed by atoms with E-state index < -0.39 is 12.6 Å². The van der Waals surface area contributed by atoms with Gasteiger partial charge in [-0.05, 0) is 19.3 Å². The first-order chi connectivity index (χ1) is 4.72. The van der Waals surface area contributed by atoms with E-state index in [1.807, 2.05) is 0 Å². The highest BCUT2D eigenvalue weighted by Crippen LogP contribution is 2.10. The molecule has 0 saturated carbocycles. The zero-order valence-corrected chi connectivity index (χ0v) is 6.14. The van der Waals surface area contributed by atoms with Gasteiger partial charge in [-0.15, -0.1) is 0 Å². The fourth-order valence-electron chi connectivity index (χ4n) is 0.826. The number of carbonyl (C=O) groups is 1. The van der Waals surface area contributed by atoms with E-state index in [0.717, 1.165) is 0 Å². The maximum atomic E-state index is 11.6. The Morgan fingerprint density at radius 2 is 2.30 bits per heavy atom. The summed E-state index contributed by atoms with van der Waals surface area (Å²) in [5.41, 5.74) is 0. The summed E-state index contributed by atoms with van der Waals surface area (Å²) >= 11 is 0. The van der Waals surface area contributed by atoms with Crippen LogP contribution in [0.3, 0.4) is 0 Å². The first-order valence-electron chi connectivity index (χ1n) is 3.51. The third kappa shape index (κ3) is 3.43. The Bertz CT molecular complexity index is 104. The number of aliphatic carboxylic acids is 1. The molecule has 0 fully saturated rings. The van der Waals surface area contributed by atoms with Gasteiger partial charge in [0.2, 0.25) is 0 Å². The number of hydrogen-bond donors (Lipinski definition) is 1. The summed E-state index contributed by atoms with van der Waals surface area (Å²) in [6.07, 6.45) is 1.42. The quantitative estimate of drug-likeness (QED) is 0.646. The van der Waals surface area contributed by atoms with Gasteiger partial charge in [0, 0.05) is 0 Å². The molecular formula is C7H13FO2. The van der Waals surface area contributed by atoms with E-state index in [-0.39, 0.29) is 5.92 Å². The minimum Gasteiger partial charge on any atom is -0.481 e. The van der Waals surface area contributed by atoms with Gasteiger partial charge in [0.15, 0.2) is 0 Å². The molecule has 10 heavy (non-hydrogen) atoms. The van der Waals surface area contributed by atoms with E-state index >= 15 is 0 Å². The second-order valence-corrected chi connectivity index (χ2v) is 2.27. The minimum atomic E-state index is -0.809. The summed E-state index contributed by atoms with van der Waals surface area (Å²) in [5, 5.41) is 8.48. The van der Waals surface area contributed by atoms with Crippen LogP contribution in [0.1, 0.15) is 26.2 Å². The molecule has 3 heteroatoms. The molecule has 60 valence electrons. The minimum absolute atomic E-state index is 0.351.